The summed E-state index contributed by atoms with van der Waals surface area (Å²) in [4.78, 5) is 24.6. The number of hydrogen-bond donors (Lipinski definition) is 1. The second-order valence-corrected chi connectivity index (χ2v) is 8.24. The summed E-state index contributed by atoms with van der Waals surface area (Å²) in [5.41, 5.74) is 2.11. The van der Waals surface area contributed by atoms with E-state index in [1.165, 1.54) is 0 Å². The Morgan fingerprint density at radius 2 is 1.93 bits per heavy atom. The number of rotatable bonds is 5. The van der Waals surface area contributed by atoms with Gasteiger partial charge in [-0.2, -0.15) is 0 Å². The third-order valence-electron chi connectivity index (χ3n) is 6.46. The summed E-state index contributed by atoms with van der Waals surface area (Å²) in [5, 5.41) is 3.25. The minimum absolute atomic E-state index is 0.00971. The molecular formula is C23H30N4O2. The fourth-order valence-electron chi connectivity index (χ4n) is 4.88. The Morgan fingerprint density at radius 1 is 1.21 bits per heavy atom. The zero-order valence-corrected chi connectivity index (χ0v) is 17.5. The van der Waals surface area contributed by atoms with Gasteiger partial charge in [0.1, 0.15) is 5.82 Å². The van der Waals surface area contributed by atoms with Gasteiger partial charge in [-0.3, -0.25) is 4.79 Å². The van der Waals surface area contributed by atoms with E-state index in [1.54, 1.807) is 13.3 Å². The third-order valence-corrected chi connectivity index (χ3v) is 6.46. The van der Waals surface area contributed by atoms with Crippen molar-refractivity contribution in [1.82, 2.24) is 20.2 Å². The summed E-state index contributed by atoms with van der Waals surface area (Å²) in [6.45, 7) is 7.41. The molecular weight excluding hydrogens is 364 g/mol. The van der Waals surface area contributed by atoms with Crippen molar-refractivity contribution >= 4 is 5.91 Å². The number of likely N-dealkylation sites (tertiary alicyclic amines) is 1. The molecule has 1 aromatic heterocycles. The molecule has 0 spiro atoms. The molecule has 29 heavy (non-hydrogen) atoms. The van der Waals surface area contributed by atoms with E-state index >= 15 is 0 Å². The van der Waals surface area contributed by atoms with E-state index in [2.05, 4.69) is 27.1 Å². The average molecular weight is 395 g/mol. The number of amides is 1. The predicted octanol–water partition coefficient (Wildman–Crippen LogP) is 2.93. The summed E-state index contributed by atoms with van der Waals surface area (Å²) >= 11 is 0. The van der Waals surface area contributed by atoms with E-state index in [1.807, 2.05) is 37.3 Å². The quantitative estimate of drug-likeness (QED) is 0.845. The van der Waals surface area contributed by atoms with Gasteiger partial charge in [-0.25, -0.2) is 9.97 Å². The summed E-state index contributed by atoms with van der Waals surface area (Å²) in [6, 6.07) is 9.82. The summed E-state index contributed by atoms with van der Waals surface area (Å²) in [6.07, 6.45) is 3.64. The fourth-order valence-corrected chi connectivity index (χ4v) is 4.88. The minimum atomic E-state index is -0.125. The fraction of sp³-hybridized carbons (Fsp3) is 0.522. The van der Waals surface area contributed by atoms with Crippen molar-refractivity contribution in [2.75, 3.05) is 26.7 Å². The van der Waals surface area contributed by atoms with Crippen LogP contribution in [0.25, 0.3) is 11.3 Å². The molecule has 2 heterocycles. The zero-order valence-electron chi connectivity index (χ0n) is 17.5. The molecule has 1 aliphatic carbocycles. The lowest BCUT2D eigenvalue weighted by atomic mass is 9.77. The molecule has 1 saturated heterocycles. The van der Waals surface area contributed by atoms with Crippen LogP contribution in [0.2, 0.25) is 0 Å². The molecule has 4 atom stereocenters. The molecule has 1 aliphatic heterocycles. The molecule has 2 aliphatic rings. The SMILES string of the molecule is CCN1C[C@H]2C[C@H](OC)[C@@H](NC(=O)c3cnc(C)nc3-c3ccccc3)C[C@H]2C1. The van der Waals surface area contributed by atoms with Gasteiger partial charge in [-0.15, -0.1) is 0 Å². The van der Waals surface area contributed by atoms with Crippen molar-refractivity contribution in [3.05, 3.63) is 47.9 Å². The normalized spacial score (nSPS) is 26.9. The van der Waals surface area contributed by atoms with Crippen LogP contribution in [0, 0.1) is 18.8 Å². The molecule has 1 N–H and O–H groups in total. The number of benzene rings is 1. The van der Waals surface area contributed by atoms with E-state index in [0.717, 1.165) is 38.0 Å². The molecule has 6 heteroatoms. The van der Waals surface area contributed by atoms with Gasteiger partial charge in [0.2, 0.25) is 0 Å². The number of carbonyl (C=O) groups excluding carboxylic acids is 1. The Hall–Kier alpha value is -2.31. The van der Waals surface area contributed by atoms with Gasteiger partial charge in [-0.05, 0) is 38.1 Å². The Morgan fingerprint density at radius 3 is 2.62 bits per heavy atom. The molecule has 0 unspecified atom stereocenters. The largest absolute Gasteiger partial charge is 0.379 e. The van der Waals surface area contributed by atoms with E-state index in [9.17, 15) is 4.79 Å². The highest BCUT2D eigenvalue weighted by Crippen LogP contribution is 2.37. The van der Waals surface area contributed by atoms with Crippen LogP contribution in [0.5, 0.6) is 0 Å². The van der Waals surface area contributed by atoms with Crippen molar-refractivity contribution < 1.29 is 9.53 Å². The van der Waals surface area contributed by atoms with Crippen LogP contribution in [0.3, 0.4) is 0 Å². The predicted molar refractivity (Wildman–Crippen MR) is 113 cm³/mol. The minimum Gasteiger partial charge on any atom is -0.379 e. The van der Waals surface area contributed by atoms with Crippen LogP contribution < -0.4 is 5.32 Å². The number of ether oxygens (including phenoxy) is 1. The molecule has 1 amide bonds. The molecule has 2 fully saturated rings. The zero-order chi connectivity index (χ0) is 20.4. The average Bonchev–Trinajstić information content (AvgIpc) is 3.15. The maximum atomic E-state index is 13.2. The maximum Gasteiger partial charge on any atom is 0.255 e. The van der Waals surface area contributed by atoms with Gasteiger partial charge >= 0.3 is 0 Å². The number of carbonyl (C=O) groups is 1. The number of nitrogens with zero attached hydrogens (tertiary/aromatic N) is 3. The number of aryl methyl sites for hydroxylation is 1. The Labute approximate surface area is 172 Å². The van der Waals surface area contributed by atoms with Crippen molar-refractivity contribution in [3.8, 4) is 11.3 Å². The monoisotopic (exact) mass is 394 g/mol. The first-order valence-electron chi connectivity index (χ1n) is 10.5. The first-order valence-corrected chi connectivity index (χ1v) is 10.5. The van der Waals surface area contributed by atoms with Gasteiger partial charge < -0.3 is 15.0 Å². The van der Waals surface area contributed by atoms with Crippen molar-refractivity contribution in [2.45, 2.75) is 38.8 Å². The molecule has 154 valence electrons. The highest BCUT2D eigenvalue weighted by atomic mass is 16.5. The van der Waals surface area contributed by atoms with Gasteiger partial charge in [0.15, 0.2) is 0 Å². The van der Waals surface area contributed by atoms with Crippen LogP contribution in [0.4, 0.5) is 0 Å². The van der Waals surface area contributed by atoms with Crippen molar-refractivity contribution in [3.63, 3.8) is 0 Å². The number of fused-ring (bicyclic) bond motifs is 1. The Kier molecular flexibility index (Phi) is 5.92. The molecule has 0 radical (unpaired) electrons. The molecule has 1 saturated carbocycles. The second kappa shape index (κ2) is 8.59. The molecule has 4 rings (SSSR count). The molecule has 2 aromatic rings. The van der Waals surface area contributed by atoms with Crippen LogP contribution >= 0.6 is 0 Å². The number of hydrogen-bond acceptors (Lipinski definition) is 5. The lowest BCUT2D eigenvalue weighted by Crippen LogP contribution is -2.50. The van der Waals surface area contributed by atoms with Gasteiger partial charge in [0.25, 0.3) is 5.91 Å². The van der Waals surface area contributed by atoms with Crippen LogP contribution in [0.1, 0.15) is 35.9 Å². The van der Waals surface area contributed by atoms with Gasteiger partial charge in [-0.1, -0.05) is 37.3 Å². The summed E-state index contributed by atoms with van der Waals surface area (Å²) < 4.78 is 5.79. The number of methoxy groups -OCH3 is 1. The lowest BCUT2D eigenvalue weighted by Gasteiger charge is -2.37. The summed E-state index contributed by atoms with van der Waals surface area (Å²) in [7, 11) is 1.75. The Bertz CT molecular complexity index is 857. The highest BCUT2D eigenvalue weighted by Gasteiger charge is 2.42. The maximum absolute atomic E-state index is 13.2. The van der Waals surface area contributed by atoms with Crippen LogP contribution in [-0.4, -0.2) is 59.7 Å². The van der Waals surface area contributed by atoms with Crippen LogP contribution in [0.15, 0.2) is 36.5 Å². The Balaban J connectivity index is 1.55. The first kappa shape index (κ1) is 20.0. The second-order valence-electron chi connectivity index (χ2n) is 8.24. The van der Waals surface area contributed by atoms with Gasteiger partial charge in [0, 0.05) is 32.0 Å². The van der Waals surface area contributed by atoms with Crippen molar-refractivity contribution in [1.29, 1.82) is 0 Å². The molecule has 1 aromatic carbocycles. The third kappa shape index (κ3) is 4.19. The lowest BCUT2D eigenvalue weighted by molar-refractivity contribution is 0.0125. The van der Waals surface area contributed by atoms with E-state index in [-0.39, 0.29) is 18.1 Å². The first-order chi connectivity index (χ1) is 14.1. The van der Waals surface area contributed by atoms with E-state index in [0.29, 0.717) is 28.9 Å². The van der Waals surface area contributed by atoms with Crippen molar-refractivity contribution in [2.24, 2.45) is 11.8 Å². The van der Waals surface area contributed by atoms with Gasteiger partial charge in [0.05, 0.1) is 23.4 Å². The van der Waals surface area contributed by atoms with Crippen LogP contribution in [-0.2, 0) is 4.74 Å². The smallest absolute Gasteiger partial charge is 0.255 e. The molecule has 6 nitrogen and oxygen atoms in total. The molecule has 0 bridgehead atoms. The topological polar surface area (TPSA) is 67.3 Å². The highest BCUT2D eigenvalue weighted by molar-refractivity contribution is 5.99. The van der Waals surface area contributed by atoms with E-state index in [4.69, 9.17) is 4.74 Å². The van der Waals surface area contributed by atoms with E-state index < -0.39 is 0 Å². The standard InChI is InChI=1S/C23H30N4O2/c1-4-27-13-17-10-20(21(29-3)11-18(17)14-27)26-23(28)19-12-24-15(2)25-22(19)16-8-6-5-7-9-16/h5-9,12,17-18,20-21H,4,10-11,13-14H2,1-3H3,(H,26,28)/t17-,18+,20-,21-/m0/s1. The summed E-state index contributed by atoms with van der Waals surface area (Å²) in [5.74, 6) is 1.81. The number of aromatic nitrogens is 2. The number of nitrogens with one attached hydrogen (secondary N) is 1.